The van der Waals surface area contributed by atoms with E-state index in [1.165, 1.54) is 0 Å². The van der Waals surface area contributed by atoms with E-state index in [0.717, 1.165) is 44.0 Å². The highest BCUT2D eigenvalue weighted by molar-refractivity contribution is 5.76. The average Bonchev–Trinajstić information content (AvgIpc) is 2.92. The number of rotatable bonds is 3. The fraction of sp³-hybridized carbons (Fsp3) is 0.714. The largest absolute Gasteiger partial charge is 0.348 e. The Morgan fingerprint density at radius 1 is 1.44 bits per heavy atom. The summed E-state index contributed by atoms with van der Waals surface area (Å²) >= 11 is 0. The van der Waals surface area contributed by atoms with Gasteiger partial charge in [0, 0.05) is 31.4 Å². The molecule has 102 valence electrons. The Morgan fingerprint density at radius 3 is 2.67 bits per heavy atom. The average molecular weight is 251 g/mol. The number of aromatic amines is 1. The van der Waals surface area contributed by atoms with Gasteiger partial charge in [-0.05, 0) is 25.2 Å². The molecule has 0 atom stereocenters. The first-order chi connectivity index (χ1) is 8.75. The minimum absolute atomic E-state index is 0.279. The van der Waals surface area contributed by atoms with Crippen molar-refractivity contribution in [3.8, 4) is 0 Å². The Bertz CT molecular complexity index is 327. The van der Waals surface area contributed by atoms with Crippen molar-refractivity contribution in [2.24, 2.45) is 5.92 Å². The summed E-state index contributed by atoms with van der Waals surface area (Å²) in [5.41, 5.74) is 1.04. The summed E-state index contributed by atoms with van der Waals surface area (Å²) in [7, 11) is 0. The van der Waals surface area contributed by atoms with E-state index >= 15 is 0 Å². The molecule has 1 aromatic rings. The van der Waals surface area contributed by atoms with Gasteiger partial charge in [-0.15, -0.1) is 0 Å². The Hall–Kier alpha value is -1.32. The van der Waals surface area contributed by atoms with Crippen LogP contribution < -0.4 is 0 Å². The highest BCUT2D eigenvalue weighted by atomic mass is 16.2. The molecular formula is C14H25N3O. The lowest BCUT2D eigenvalue weighted by Gasteiger charge is -2.30. The maximum atomic E-state index is 11.9. The number of likely N-dealkylation sites (tertiary alicyclic amines) is 1. The van der Waals surface area contributed by atoms with Gasteiger partial charge in [-0.2, -0.15) is 0 Å². The lowest BCUT2D eigenvalue weighted by molar-refractivity contribution is -0.132. The van der Waals surface area contributed by atoms with Crippen molar-refractivity contribution >= 4 is 5.91 Å². The van der Waals surface area contributed by atoms with Crippen LogP contribution in [0.3, 0.4) is 0 Å². The van der Waals surface area contributed by atoms with Gasteiger partial charge < -0.3 is 9.88 Å². The van der Waals surface area contributed by atoms with E-state index in [-0.39, 0.29) is 5.91 Å². The molecule has 0 aliphatic carbocycles. The summed E-state index contributed by atoms with van der Waals surface area (Å²) in [6.45, 7) is 8.12. The van der Waals surface area contributed by atoms with Gasteiger partial charge in [0.2, 0.25) is 5.91 Å². The second-order valence-electron chi connectivity index (χ2n) is 4.64. The lowest BCUT2D eigenvalue weighted by Crippen LogP contribution is -2.38. The second-order valence-corrected chi connectivity index (χ2v) is 4.64. The molecular weight excluding hydrogens is 226 g/mol. The smallest absolute Gasteiger partial charge is 0.222 e. The first kappa shape index (κ1) is 14.7. The zero-order valence-electron chi connectivity index (χ0n) is 11.8. The Kier molecular flexibility index (Phi) is 6.47. The molecule has 2 heterocycles. The number of nitrogens with one attached hydrogen (secondary N) is 1. The Balaban J connectivity index is 0.000000771. The second kappa shape index (κ2) is 7.90. The molecule has 0 unspecified atom stereocenters. The lowest BCUT2D eigenvalue weighted by atomic mass is 9.99. The van der Waals surface area contributed by atoms with Gasteiger partial charge >= 0.3 is 0 Å². The van der Waals surface area contributed by atoms with Crippen LogP contribution >= 0.6 is 0 Å². The number of carbonyl (C=O) groups excluding carboxylic acids is 1. The number of aromatic nitrogens is 2. The number of piperidine rings is 1. The quantitative estimate of drug-likeness (QED) is 0.897. The number of aryl methyl sites for hydroxylation is 1. The molecule has 1 aliphatic heterocycles. The summed E-state index contributed by atoms with van der Waals surface area (Å²) in [5.74, 6) is 1.05. The SMILES string of the molecule is CC.CC1CCN(C(=O)CCc2cnc[nH]2)CC1. The predicted octanol–water partition coefficient (Wildman–Crippen LogP) is 2.63. The van der Waals surface area contributed by atoms with E-state index in [0.29, 0.717) is 6.42 Å². The number of amides is 1. The molecule has 0 spiro atoms. The first-order valence-corrected chi connectivity index (χ1v) is 7.00. The van der Waals surface area contributed by atoms with Crippen LogP contribution in [0.25, 0.3) is 0 Å². The van der Waals surface area contributed by atoms with Crippen molar-refractivity contribution in [3.05, 3.63) is 18.2 Å². The number of imidazole rings is 1. The van der Waals surface area contributed by atoms with Crippen LogP contribution in [0.5, 0.6) is 0 Å². The number of carbonyl (C=O) groups is 1. The number of hydrogen-bond acceptors (Lipinski definition) is 2. The van der Waals surface area contributed by atoms with E-state index in [9.17, 15) is 4.79 Å². The third-order valence-corrected chi connectivity index (χ3v) is 3.30. The van der Waals surface area contributed by atoms with E-state index in [1.807, 2.05) is 18.7 Å². The van der Waals surface area contributed by atoms with Crippen LogP contribution in [0.2, 0.25) is 0 Å². The third kappa shape index (κ3) is 4.51. The van der Waals surface area contributed by atoms with Crippen molar-refractivity contribution in [2.45, 2.75) is 46.5 Å². The highest BCUT2D eigenvalue weighted by Gasteiger charge is 2.19. The monoisotopic (exact) mass is 251 g/mol. The minimum Gasteiger partial charge on any atom is -0.348 e. The van der Waals surface area contributed by atoms with Crippen molar-refractivity contribution in [1.82, 2.24) is 14.9 Å². The summed E-state index contributed by atoms with van der Waals surface area (Å²) in [6, 6.07) is 0. The van der Waals surface area contributed by atoms with Crippen molar-refractivity contribution < 1.29 is 4.79 Å². The molecule has 1 saturated heterocycles. The molecule has 1 aromatic heterocycles. The standard InChI is InChI=1S/C12H19N3O.C2H6/c1-10-4-6-15(7-5-10)12(16)3-2-11-8-13-9-14-11;1-2/h8-10H,2-7H2,1H3,(H,13,14);1-2H3. The van der Waals surface area contributed by atoms with Crippen molar-refractivity contribution in [1.29, 1.82) is 0 Å². The predicted molar refractivity (Wildman–Crippen MR) is 73.2 cm³/mol. The van der Waals surface area contributed by atoms with Gasteiger partial charge in [0.15, 0.2) is 0 Å². The minimum atomic E-state index is 0.279. The normalized spacial score (nSPS) is 16.1. The zero-order valence-corrected chi connectivity index (χ0v) is 11.8. The van der Waals surface area contributed by atoms with E-state index in [1.54, 1.807) is 12.5 Å². The fourth-order valence-corrected chi connectivity index (χ4v) is 2.08. The van der Waals surface area contributed by atoms with Crippen LogP contribution in [0.1, 0.15) is 45.7 Å². The van der Waals surface area contributed by atoms with Crippen molar-refractivity contribution in [3.63, 3.8) is 0 Å². The summed E-state index contributed by atoms with van der Waals surface area (Å²) in [4.78, 5) is 20.9. The summed E-state index contributed by atoms with van der Waals surface area (Å²) in [5, 5.41) is 0. The van der Waals surface area contributed by atoms with Gasteiger partial charge in [0.25, 0.3) is 0 Å². The molecule has 0 aromatic carbocycles. The van der Waals surface area contributed by atoms with Crippen molar-refractivity contribution in [2.75, 3.05) is 13.1 Å². The number of H-pyrrole nitrogens is 1. The van der Waals surface area contributed by atoms with Gasteiger partial charge in [-0.25, -0.2) is 4.98 Å². The maximum absolute atomic E-state index is 11.9. The number of hydrogen-bond donors (Lipinski definition) is 1. The van der Waals surface area contributed by atoms with Gasteiger partial charge in [0.1, 0.15) is 0 Å². The fourth-order valence-electron chi connectivity index (χ4n) is 2.08. The molecule has 1 N–H and O–H groups in total. The van der Waals surface area contributed by atoms with E-state index in [2.05, 4.69) is 16.9 Å². The topological polar surface area (TPSA) is 49.0 Å². The maximum Gasteiger partial charge on any atom is 0.222 e. The Labute approximate surface area is 110 Å². The van der Waals surface area contributed by atoms with Gasteiger partial charge in [-0.3, -0.25) is 4.79 Å². The van der Waals surface area contributed by atoms with Crippen LogP contribution in [-0.4, -0.2) is 33.9 Å². The number of nitrogens with zero attached hydrogens (tertiary/aromatic N) is 2. The van der Waals surface area contributed by atoms with E-state index < -0.39 is 0 Å². The first-order valence-electron chi connectivity index (χ1n) is 7.00. The molecule has 4 heteroatoms. The molecule has 1 fully saturated rings. The molecule has 18 heavy (non-hydrogen) atoms. The molecule has 2 rings (SSSR count). The molecule has 4 nitrogen and oxygen atoms in total. The molecule has 1 amide bonds. The van der Waals surface area contributed by atoms with E-state index in [4.69, 9.17) is 0 Å². The molecule has 0 saturated carbocycles. The molecule has 0 bridgehead atoms. The van der Waals surface area contributed by atoms with Crippen LogP contribution in [-0.2, 0) is 11.2 Å². The summed E-state index contributed by atoms with van der Waals surface area (Å²) < 4.78 is 0. The zero-order chi connectivity index (χ0) is 13.4. The summed E-state index contributed by atoms with van der Waals surface area (Å²) in [6.07, 6.45) is 7.10. The van der Waals surface area contributed by atoms with Gasteiger partial charge in [-0.1, -0.05) is 20.8 Å². The van der Waals surface area contributed by atoms with Crippen LogP contribution in [0.15, 0.2) is 12.5 Å². The highest BCUT2D eigenvalue weighted by Crippen LogP contribution is 2.16. The Morgan fingerprint density at radius 2 is 2.11 bits per heavy atom. The van der Waals surface area contributed by atoms with Crippen LogP contribution in [0, 0.1) is 5.92 Å². The van der Waals surface area contributed by atoms with Crippen LogP contribution in [0.4, 0.5) is 0 Å². The molecule has 0 radical (unpaired) electrons. The molecule has 1 aliphatic rings. The van der Waals surface area contributed by atoms with Gasteiger partial charge in [0.05, 0.1) is 6.33 Å². The third-order valence-electron chi connectivity index (χ3n) is 3.30.